The van der Waals surface area contributed by atoms with Crippen LogP contribution < -0.4 is 0 Å². The molecule has 29 heavy (non-hydrogen) atoms. The number of imidazole rings is 1. The summed E-state index contributed by atoms with van der Waals surface area (Å²) in [7, 11) is 0. The smallest absolute Gasteiger partial charge is 0.475 e. The lowest BCUT2D eigenvalue weighted by molar-refractivity contribution is -0.192. The molecular formula is C19H17F4N3O3. The van der Waals surface area contributed by atoms with Gasteiger partial charge in [0.25, 0.3) is 0 Å². The van der Waals surface area contributed by atoms with Gasteiger partial charge in [-0.15, -0.1) is 0 Å². The van der Waals surface area contributed by atoms with Crippen LogP contribution >= 0.6 is 0 Å². The van der Waals surface area contributed by atoms with Crippen molar-refractivity contribution in [1.29, 1.82) is 0 Å². The zero-order chi connectivity index (χ0) is 21.0. The first kappa shape index (κ1) is 20.6. The standard InChI is InChI=1S/C17H16FN3O.C2HF3O2/c18-15-3-1-2-14(8-15)16-9-19-17-11-20(5-6-21(16)17)10-13-4-7-22-12-13;3-2(4,5)1(6)7/h1-4,7-9,12H,5-6,10-11H2;(H,6,7). The summed E-state index contributed by atoms with van der Waals surface area (Å²) in [4.78, 5) is 15.7. The number of nitrogens with zero attached hydrogens (tertiary/aromatic N) is 3. The van der Waals surface area contributed by atoms with Gasteiger partial charge in [0.05, 0.1) is 31.0 Å². The number of hydrogen-bond acceptors (Lipinski definition) is 4. The molecule has 1 N–H and O–H groups in total. The maximum absolute atomic E-state index is 13.4. The number of rotatable bonds is 3. The summed E-state index contributed by atoms with van der Waals surface area (Å²) in [6, 6.07) is 8.66. The van der Waals surface area contributed by atoms with Crippen molar-refractivity contribution in [3.63, 3.8) is 0 Å². The van der Waals surface area contributed by atoms with Gasteiger partial charge in [-0.2, -0.15) is 13.2 Å². The van der Waals surface area contributed by atoms with Crippen LogP contribution in [0, 0.1) is 5.82 Å². The third-order valence-electron chi connectivity index (χ3n) is 4.29. The van der Waals surface area contributed by atoms with Crippen molar-refractivity contribution in [1.82, 2.24) is 14.5 Å². The van der Waals surface area contributed by atoms with E-state index in [1.54, 1.807) is 24.7 Å². The molecule has 0 radical (unpaired) electrons. The second kappa shape index (κ2) is 8.48. The quantitative estimate of drug-likeness (QED) is 0.662. The first-order valence-corrected chi connectivity index (χ1v) is 8.58. The minimum absolute atomic E-state index is 0.217. The molecular weight excluding hydrogens is 394 g/mol. The third-order valence-corrected chi connectivity index (χ3v) is 4.29. The molecule has 10 heteroatoms. The number of hydrogen-bond donors (Lipinski definition) is 1. The molecule has 1 aliphatic heterocycles. The highest BCUT2D eigenvalue weighted by molar-refractivity contribution is 5.73. The van der Waals surface area contributed by atoms with E-state index in [0.717, 1.165) is 43.3 Å². The topological polar surface area (TPSA) is 71.5 Å². The van der Waals surface area contributed by atoms with Gasteiger partial charge in [-0.05, 0) is 18.2 Å². The predicted octanol–water partition coefficient (Wildman–Crippen LogP) is 3.93. The summed E-state index contributed by atoms with van der Waals surface area (Å²) in [6.45, 7) is 3.45. The van der Waals surface area contributed by atoms with Crippen molar-refractivity contribution >= 4 is 5.97 Å². The SMILES string of the molecule is Fc1cccc(-c2cnc3n2CCN(Cc2ccoc2)C3)c1.O=C(O)C(F)(F)F. The van der Waals surface area contributed by atoms with Crippen LogP contribution in [0.25, 0.3) is 11.3 Å². The Balaban J connectivity index is 0.000000298. The Bertz CT molecular complexity index is 967. The molecule has 4 rings (SSSR count). The second-order valence-corrected chi connectivity index (χ2v) is 6.37. The van der Waals surface area contributed by atoms with Gasteiger partial charge < -0.3 is 14.1 Å². The summed E-state index contributed by atoms with van der Waals surface area (Å²) < 4.78 is 52.5. The van der Waals surface area contributed by atoms with Crippen LogP contribution in [0.2, 0.25) is 0 Å². The molecule has 0 bridgehead atoms. The number of carboxylic acid groups (broad SMARTS) is 1. The Labute approximate surface area is 163 Å². The summed E-state index contributed by atoms with van der Waals surface area (Å²) in [5.74, 6) is -1.95. The van der Waals surface area contributed by atoms with Gasteiger partial charge in [0.2, 0.25) is 0 Å². The number of aliphatic carboxylic acids is 1. The van der Waals surface area contributed by atoms with E-state index in [1.807, 2.05) is 18.3 Å². The minimum Gasteiger partial charge on any atom is -0.475 e. The van der Waals surface area contributed by atoms with E-state index in [1.165, 1.54) is 11.6 Å². The van der Waals surface area contributed by atoms with Crippen LogP contribution in [0.5, 0.6) is 0 Å². The molecule has 0 fully saturated rings. The molecule has 0 spiro atoms. The molecule has 0 saturated carbocycles. The number of benzene rings is 1. The first-order valence-electron chi connectivity index (χ1n) is 8.58. The molecule has 0 amide bonds. The highest BCUT2D eigenvalue weighted by atomic mass is 19.4. The van der Waals surface area contributed by atoms with E-state index in [0.29, 0.717) is 0 Å². The highest BCUT2D eigenvalue weighted by Crippen LogP contribution is 2.25. The largest absolute Gasteiger partial charge is 0.490 e. The molecule has 0 saturated heterocycles. The van der Waals surface area contributed by atoms with Crippen molar-refractivity contribution in [3.05, 3.63) is 66.3 Å². The van der Waals surface area contributed by atoms with E-state index < -0.39 is 12.1 Å². The van der Waals surface area contributed by atoms with Crippen molar-refractivity contribution in [2.75, 3.05) is 6.54 Å². The van der Waals surface area contributed by atoms with Gasteiger partial charge in [-0.3, -0.25) is 4.90 Å². The maximum Gasteiger partial charge on any atom is 0.490 e. The Morgan fingerprint density at radius 1 is 1.24 bits per heavy atom. The number of halogens is 4. The zero-order valence-electron chi connectivity index (χ0n) is 15.1. The Hall–Kier alpha value is -3.14. The molecule has 3 heterocycles. The fourth-order valence-electron chi connectivity index (χ4n) is 2.96. The molecule has 2 aromatic heterocycles. The van der Waals surface area contributed by atoms with Gasteiger partial charge in [0, 0.05) is 30.8 Å². The Morgan fingerprint density at radius 2 is 2.00 bits per heavy atom. The van der Waals surface area contributed by atoms with Gasteiger partial charge in [0.15, 0.2) is 0 Å². The first-order chi connectivity index (χ1) is 13.7. The summed E-state index contributed by atoms with van der Waals surface area (Å²) in [5.41, 5.74) is 3.03. The third kappa shape index (κ3) is 5.23. The van der Waals surface area contributed by atoms with Crippen molar-refractivity contribution in [2.24, 2.45) is 0 Å². The molecule has 0 aliphatic carbocycles. The van der Waals surface area contributed by atoms with Gasteiger partial charge in [-0.25, -0.2) is 14.2 Å². The summed E-state index contributed by atoms with van der Waals surface area (Å²) in [5, 5.41) is 7.12. The van der Waals surface area contributed by atoms with Crippen LogP contribution in [0.15, 0.2) is 53.5 Å². The number of aromatic nitrogens is 2. The van der Waals surface area contributed by atoms with Crippen molar-refractivity contribution in [3.8, 4) is 11.3 Å². The number of carboxylic acids is 1. The fraction of sp³-hybridized carbons (Fsp3) is 0.263. The maximum atomic E-state index is 13.4. The number of furan rings is 1. The molecule has 154 valence electrons. The fourth-order valence-corrected chi connectivity index (χ4v) is 2.96. The lowest BCUT2D eigenvalue weighted by Crippen LogP contribution is -2.33. The lowest BCUT2D eigenvalue weighted by Gasteiger charge is -2.28. The van der Waals surface area contributed by atoms with E-state index in [2.05, 4.69) is 14.5 Å². The van der Waals surface area contributed by atoms with Crippen molar-refractivity contribution in [2.45, 2.75) is 25.8 Å². The zero-order valence-corrected chi connectivity index (χ0v) is 15.1. The average molecular weight is 411 g/mol. The Morgan fingerprint density at radius 3 is 2.62 bits per heavy atom. The van der Waals surface area contributed by atoms with Crippen LogP contribution in [-0.2, 0) is 24.4 Å². The van der Waals surface area contributed by atoms with Gasteiger partial charge >= 0.3 is 12.1 Å². The van der Waals surface area contributed by atoms with Crippen molar-refractivity contribution < 1.29 is 31.9 Å². The Kier molecular flexibility index (Phi) is 6.02. The van der Waals surface area contributed by atoms with Crippen LogP contribution in [0.1, 0.15) is 11.4 Å². The van der Waals surface area contributed by atoms with Gasteiger partial charge in [0.1, 0.15) is 11.6 Å². The molecule has 0 unspecified atom stereocenters. The summed E-state index contributed by atoms with van der Waals surface area (Å²) in [6.07, 6.45) is 0.229. The van der Waals surface area contributed by atoms with Crippen LogP contribution in [-0.4, -0.2) is 38.2 Å². The molecule has 1 aromatic carbocycles. The average Bonchev–Trinajstić information content (AvgIpc) is 3.31. The monoisotopic (exact) mass is 411 g/mol. The second-order valence-electron chi connectivity index (χ2n) is 6.37. The van der Waals surface area contributed by atoms with E-state index in [-0.39, 0.29) is 5.82 Å². The van der Waals surface area contributed by atoms with E-state index in [9.17, 15) is 17.6 Å². The van der Waals surface area contributed by atoms with E-state index >= 15 is 0 Å². The normalized spacial score (nSPS) is 14.1. The number of carbonyl (C=O) groups is 1. The van der Waals surface area contributed by atoms with Crippen LogP contribution in [0.3, 0.4) is 0 Å². The highest BCUT2D eigenvalue weighted by Gasteiger charge is 2.38. The van der Waals surface area contributed by atoms with Gasteiger partial charge in [-0.1, -0.05) is 12.1 Å². The molecule has 6 nitrogen and oxygen atoms in total. The van der Waals surface area contributed by atoms with Crippen LogP contribution in [0.4, 0.5) is 17.6 Å². The summed E-state index contributed by atoms with van der Waals surface area (Å²) >= 11 is 0. The molecule has 3 aromatic rings. The minimum atomic E-state index is -5.08. The lowest BCUT2D eigenvalue weighted by atomic mass is 10.1. The molecule has 1 aliphatic rings. The predicted molar refractivity (Wildman–Crippen MR) is 94.1 cm³/mol. The number of alkyl halides is 3. The number of fused-ring (bicyclic) bond motifs is 1. The van der Waals surface area contributed by atoms with E-state index in [4.69, 9.17) is 14.3 Å². The molecule has 0 atom stereocenters.